The average Bonchev–Trinajstić information content (AvgIpc) is 3.10. The van der Waals surface area contributed by atoms with Crippen LogP contribution >= 0.6 is 0 Å². The molecule has 106 valence electrons. The van der Waals surface area contributed by atoms with Crippen molar-refractivity contribution < 1.29 is 13.6 Å². The van der Waals surface area contributed by atoms with Crippen LogP contribution in [0.4, 0.5) is 4.39 Å². The summed E-state index contributed by atoms with van der Waals surface area (Å²) in [7, 11) is 0. The molecule has 0 saturated carbocycles. The maximum absolute atomic E-state index is 12.8. The second-order valence-electron chi connectivity index (χ2n) is 4.68. The zero-order valence-electron chi connectivity index (χ0n) is 11.2. The van der Waals surface area contributed by atoms with E-state index in [9.17, 15) is 9.18 Å². The highest BCUT2D eigenvalue weighted by Crippen LogP contribution is 2.14. The normalized spacial score (nSPS) is 16.1. The number of nitrogens with zero attached hydrogens (tertiary/aromatic N) is 1. The molecule has 0 aliphatic carbocycles. The Morgan fingerprint density at radius 3 is 2.71 bits per heavy atom. The first-order chi connectivity index (χ1) is 10.2. The van der Waals surface area contributed by atoms with Gasteiger partial charge in [-0.2, -0.15) is 0 Å². The van der Waals surface area contributed by atoms with Crippen LogP contribution in [0.5, 0.6) is 0 Å². The molecule has 1 aromatic heterocycles. The number of hydrogen-bond acceptors (Lipinski definition) is 3. The van der Waals surface area contributed by atoms with E-state index in [1.54, 1.807) is 36.6 Å². The quantitative estimate of drug-likeness (QED) is 0.878. The third-order valence-electron chi connectivity index (χ3n) is 3.13. The summed E-state index contributed by atoms with van der Waals surface area (Å²) >= 11 is 0. The van der Waals surface area contributed by atoms with Gasteiger partial charge in [0.1, 0.15) is 23.1 Å². The van der Waals surface area contributed by atoms with Crippen LogP contribution in [0.3, 0.4) is 0 Å². The van der Waals surface area contributed by atoms with E-state index in [2.05, 4.69) is 10.3 Å². The number of rotatable bonds is 4. The van der Waals surface area contributed by atoms with Gasteiger partial charge in [-0.05, 0) is 36.2 Å². The highest BCUT2D eigenvalue weighted by atomic mass is 19.1. The number of carbonyl (C=O) groups excluding carboxylic acids is 1. The third-order valence-corrected chi connectivity index (χ3v) is 3.13. The summed E-state index contributed by atoms with van der Waals surface area (Å²) in [6.07, 6.45) is 4.42. The Kier molecular flexibility index (Phi) is 3.64. The Hall–Kier alpha value is -2.69. The second kappa shape index (κ2) is 5.75. The lowest BCUT2D eigenvalue weighted by Crippen LogP contribution is -2.24. The van der Waals surface area contributed by atoms with Crippen LogP contribution < -0.4 is 5.32 Å². The van der Waals surface area contributed by atoms with Crippen molar-refractivity contribution in [3.63, 3.8) is 0 Å². The monoisotopic (exact) mass is 284 g/mol. The van der Waals surface area contributed by atoms with Gasteiger partial charge in [0.15, 0.2) is 0 Å². The Labute approximate surface area is 121 Å². The van der Waals surface area contributed by atoms with E-state index in [-0.39, 0.29) is 11.7 Å². The fraction of sp³-hybridized carbons (Fsp3) is 0.125. The number of aryl methyl sites for hydroxylation is 1. The van der Waals surface area contributed by atoms with Gasteiger partial charge in [0.25, 0.3) is 5.91 Å². The fourth-order valence-corrected chi connectivity index (χ4v) is 2.06. The number of amides is 1. The van der Waals surface area contributed by atoms with Crippen molar-refractivity contribution in [2.75, 3.05) is 0 Å². The SMILES string of the molecule is O=C1NC(CCc2ccc(F)cc2)=N/C1=C/c1ccco1. The predicted molar refractivity (Wildman–Crippen MR) is 77.0 cm³/mol. The second-order valence-corrected chi connectivity index (χ2v) is 4.68. The fourth-order valence-electron chi connectivity index (χ4n) is 2.06. The molecule has 1 aliphatic heterocycles. The smallest absolute Gasteiger partial charge is 0.275 e. The predicted octanol–water partition coefficient (Wildman–Crippen LogP) is 2.92. The molecule has 5 heteroatoms. The third kappa shape index (κ3) is 3.25. The summed E-state index contributed by atoms with van der Waals surface area (Å²) in [5.74, 6) is 0.709. The molecular weight excluding hydrogens is 271 g/mol. The number of nitrogens with one attached hydrogen (secondary N) is 1. The highest BCUT2D eigenvalue weighted by molar-refractivity contribution is 6.14. The highest BCUT2D eigenvalue weighted by Gasteiger charge is 2.19. The van der Waals surface area contributed by atoms with Crippen molar-refractivity contribution in [2.24, 2.45) is 4.99 Å². The van der Waals surface area contributed by atoms with Gasteiger partial charge in [0.2, 0.25) is 0 Å². The van der Waals surface area contributed by atoms with E-state index in [1.165, 1.54) is 12.1 Å². The van der Waals surface area contributed by atoms with Crippen molar-refractivity contribution in [1.82, 2.24) is 5.32 Å². The summed E-state index contributed by atoms with van der Waals surface area (Å²) in [5, 5.41) is 2.73. The maximum atomic E-state index is 12.8. The zero-order valence-corrected chi connectivity index (χ0v) is 11.2. The number of hydrogen-bond donors (Lipinski definition) is 1. The average molecular weight is 284 g/mol. The van der Waals surface area contributed by atoms with Crippen molar-refractivity contribution in [2.45, 2.75) is 12.8 Å². The molecule has 0 spiro atoms. The molecule has 0 saturated heterocycles. The lowest BCUT2D eigenvalue weighted by Gasteiger charge is -2.01. The van der Waals surface area contributed by atoms with Crippen LogP contribution in [0.25, 0.3) is 6.08 Å². The van der Waals surface area contributed by atoms with Gasteiger partial charge in [0.05, 0.1) is 6.26 Å². The number of amidine groups is 1. The number of halogens is 1. The van der Waals surface area contributed by atoms with Gasteiger partial charge in [-0.1, -0.05) is 12.1 Å². The topological polar surface area (TPSA) is 54.6 Å². The Balaban J connectivity index is 1.66. The van der Waals surface area contributed by atoms with Crippen molar-refractivity contribution in [3.05, 3.63) is 65.5 Å². The van der Waals surface area contributed by atoms with Crippen LogP contribution in [0, 0.1) is 5.82 Å². The molecule has 2 aromatic rings. The molecule has 0 bridgehead atoms. The lowest BCUT2D eigenvalue weighted by molar-refractivity contribution is -0.115. The molecule has 0 atom stereocenters. The molecule has 1 amide bonds. The van der Waals surface area contributed by atoms with Gasteiger partial charge in [-0.15, -0.1) is 0 Å². The molecule has 1 aromatic carbocycles. The standard InChI is InChI=1S/C16H13FN2O2/c17-12-6-3-11(4-7-12)5-8-15-18-14(16(20)19-15)10-13-2-1-9-21-13/h1-4,6-7,9-10H,5,8H2,(H,18,19,20)/b14-10+. The Morgan fingerprint density at radius 2 is 2.00 bits per heavy atom. The first kappa shape index (κ1) is 13.3. The van der Waals surface area contributed by atoms with Crippen molar-refractivity contribution in [3.8, 4) is 0 Å². The first-order valence-corrected chi connectivity index (χ1v) is 6.59. The number of furan rings is 1. The number of benzene rings is 1. The lowest BCUT2D eigenvalue weighted by atomic mass is 10.1. The van der Waals surface area contributed by atoms with Crippen molar-refractivity contribution in [1.29, 1.82) is 0 Å². The minimum atomic E-state index is -0.256. The largest absolute Gasteiger partial charge is 0.465 e. The molecule has 0 fully saturated rings. The zero-order chi connectivity index (χ0) is 14.7. The van der Waals surface area contributed by atoms with Gasteiger partial charge < -0.3 is 9.73 Å². The van der Waals surface area contributed by atoms with E-state index in [4.69, 9.17) is 4.42 Å². The van der Waals surface area contributed by atoms with E-state index in [0.29, 0.717) is 30.1 Å². The van der Waals surface area contributed by atoms with Gasteiger partial charge in [-0.25, -0.2) is 9.38 Å². The summed E-state index contributed by atoms with van der Waals surface area (Å²) < 4.78 is 18.0. The van der Waals surface area contributed by atoms with E-state index >= 15 is 0 Å². The van der Waals surface area contributed by atoms with Crippen LogP contribution in [-0.4, -0.2) is 11.7 Å². The van der Waals surface area contributed by atoms with Crippen LogP contribution in [0.2, 0.25) is 0 Å². The Morgan fingerprint density at radius 1 is 1.19 bits per heavy atom. The number of carbonyl (C=O) groups is 1. The van der Waals surface area contributed by atoms with Crippen molar-refractivity contribution >= 4 is 17.8 Å². The molecule has 1 aliphatic rings. The first-order valence-electron chi connectivity index (χ1n) is 6.59. The van der Waals surface area contributed by atoms with Crippen LogP contribution in [0.1, 0.15) is 17.7 Å². The molecule has 0 unspecified atom stereocenters. The molecule has 2 heterocycles. The minimum absolute atomic E-state index is 0.236. The summed E-state index contributed by atoms with van der Waals surface area (Å²) in [5.41, 5.74) is 1.33. The molecule has 21 heavy (non-hydrogen) atoms. The molecule has 1 N–H and O–H groups in total. The maximum Gasteiger partial charge on any atom is 0.275 e. The Bertz CT molecular complexity index is 700. The minimum Gasteiger partial charge on any atom is -0.465 e. The van der Waals surface area contributed by atoms with Gasteiger partial charge in [0, 0.05) is 12.5 Å². The van der Waals surface area contributed by atoms with Gasteiger partial charge >= 0.3 is 0 Å². The molecule has 4 nitrogen and oxygen atoms in total. The summed E-state index contributed by atoms with van der Waals surface area (Å²) in [6.45, 7) is 0. The van der Waals surface area contributed by atoms with E-state index < -0.39 is 0 Å². The number of aliphatic imine (C=N–C) groups is 1. The van der Waals surface area contributed by atoms with Crippen LogP contribution in [-0.2, 0) is 11.2 Å². The molecule has 0 radical (unpaired) electrons. The van der Waals surface area contributed by atoms with Gasteiger partial charge in [-0.3, -0.25) is 4.79 Å². The molecular formula is C16H13FN2O2. The van der Waals surface area contributed by atoms with Crippen LogP contribution in [0.15, 0.2) is 57.8 Å². The summed E-state index contributed by atoms with van der Waals surface area (Å²) in [6, 6.07) is 9.81. The summed E-state index contributed by atoms with van der Waals surface area (Å²) in [4.78, 5) is 16.0. The molecule has 3 rings (SSSR count). The van der Waals surface area contributed by atoms with E-state index in [1.807, 2.05) is 0 Å². The van der Waals surface area contributed by atoms with E-state index in [0.717, 1.165) is 5.56 Å².